The number of hydrogen-bond acceptors (Lipinski definition) is 8. The van der Waals surface area contributed by atoms with E-state index in [1.807, 2.05) is 18.2 Å². The van der Waals surface area contributed by atoms with Crippen molar-refractivity contribution in [3.63, 3.8) is 0 Å². The van der Waals surface area contributed by atoms with Crippen molar-refractivity contribution in [2.45, 2.75) is 51.5 Å². The third kappa shape index (κ3) is 6.87. The fourth-order valence-corrected chi connectivity index (χ4v) is 6.47. The SMILES string of the molecule is COc1cc2c(c(OC)c1OC)-c1ccc(NCCCCCC(=O)Nc3ccc4c(c3)n(C)c(=O)n4C)c(=O)cc1[C@@H](NC(C)=O)CC2. The molecule has 5 rings (SSSR count). The molecule has 3 aromatic carbocycles. The summed E-state index contributed by atoms with van der Waals surface area (Å²) in [7, 11) is 8.12. The van der Waals surface area contributed by atoms with Crippen LogP contribution in [-0.4, -0.2) is 48.8 Å². The highest BCUT2D eigenvalue weighted by Gasteiger charge is 2.29. The Hall–Kier alpha value is -5.26. The molecule has 0 unspecified atom stereocenters. The van der Waals surface area contributed by atoms with Gasteiger partial charge in [-0.15, -0.1) is 0 Å². The molecule has 1 aliphatic carbocycles. The van der Waals surface area contributed by atoms with Gasteiger partial charge in [0.1, 0.15) is 0 Å². The molecule has 254 valence electrons. The van der Waals surface area contributed by atoms with E-state index in [0.29, 0.717) is 66.4 Å². The number of methoxy groups -OCH3 is 3. The summed E-state index contributed by atoms with van der Waals surface area (Å²) in [6, 6.07) is 12.2. The first-order valence-corrected chi connectivity index (χ1v) is 16.0. The molecule has 4 aromatic rings. The third-order valence-corrected chi connectivity index (χ3v) is 8.87. The number of nitrogens with one attached hydrogen (secondary N) is 3. The van der Waals surface area contributed by atoms with E-state index in [1.165, 1.54) is 6.92 Å². The summed E-state index contributed by atoms with van der Waals surface area (Å²) < 4.78 is 20.2. The standard InChI is InChI=1S/C36H43N5O7/c1-21(42)38-26-14-11-22-18-31(46-4)34(47-5)35(48-6)33(22)24-13-15-27(30(43)20-25(24)26)37-17-9-7-8-10-32(44)39-23-12-16-28-29(19-23)41(3)36(45)40(28)2/h12-13,15-16,18-20,26H,7-11,14,17H2,1-6H3,(H,37,43)(H,38,42)(H,39,44)/t26-/m0/s1. The number of benzene rings is 2. The largest absolute Gasteiger partial charge is 0.493 e. The summed E-state index contributed by atoms with van der Waals surface area (Å²) in [5.41, 5.74) is 5.55. The van der Waals surface area contributed by atoms with Gasteiger partial charge in [0.25, 0.3) is 0 Å². The molecule has 0 bridgehead atoms. The molecule has 1 aromatic heterocycles. The van der Waals surface area contributed by atoms with Gasteiger partial charge in [-0.05, 0) is 78.8 Å². The minimum absolute atomic E-state index is 0.0969. The minimum atomic E-state index is -0.382. The van der Waals surface area contributed by atoms with Crippen LogP contribution in [-0.2, 0) is 30.1 Å². The summed E-state index contributed by atoms with van der Waals surface area (Å²) in [5, 5.41) is 9.22. The van der Waals surface area contributed by atoms with Gasteiger partial charge in [0.2, 0.25) is 23.0 Å². The summed E-state index contributed by atoms with van der Waals surface area (Å²) >= 11 is 0. The lowest BCUT2D eigenvalue weighted by Gasteiger charge is -2.19. The van der Waals surface area contributed by atoms with Gasteiger partial charge in [-0.2, -0.15) is 0 Å². The first kappa shape index (κ1) is 34.1. The number of anilines is 2. The van der Waals surface area contributed by atoms with Gasteiger partial charge in [-0.25, -0.2) is 4.79 Å². The summed E-state index contributed by atoms with van der Waals surface area (Å²) in [6.45, 7) is 2.01. The summed E-state index contributed by atoms with van der Waals surface area (Å²) in [6.07, 6.45) is 3.78. The second kappa shape index (κ2) is 14.7. The molecule has 0 aliphatic heterocycles. The Morgan fingerprint density at radius 1 is 0.875 bits per heavy atom. The van der Waals surface area contributed by atoms with Crippen molar-refractivity contribution in [1.82, 2.24) is 14.5 Å². The number of fused-ring (bicyclic) bond motifs is 4. The normalized spacial score (nSPS) is 13.6. The number of carbonyl (C=O) groups excluding carboxylic acids is 2. The number of carbonyl (C=O) groups is 2. The monoisotopic (exact) mass is 657 g/mol. The molecule has 12 nitrogen and oxygen atoms in total. The molecule has 0 spiro atoms. The molecule has 0 saturated heterocycles. The lowest BCUT2D eigenvalue weighted by atomic mass is 9.95. The van der Waals surface area contributed by atoms with E-state index in [2.05, 4.69) is 16.0 Å². The number of nitrogens with zero attached hydrogens (tertiary/aromatic N) is 2. The van der Waals surface area contributed by atoms with E-state index >= 15 is 0 Å². The third-order valence-electron chi connectivity index (χ3n) is 8.87. The number of rotatable bonds is 12. The Morgan fingerprint density at radius 3 is 2.33 bits per heavy atom. The number of unbranched alkanes of at least 4 members (excludes halogenated alkanes) is 2. The highest BCUT2D eigenvalue weighted by Crippen LogP contribution is 2.50. The number of hydrogen-bond donors (Lipinski definition) is 3. The Bertz CT molecular complexity index is 1980. The van der Waals surface area contributed by atoms with E-state index in [9.17, 15) is 19.2 Å². The maximum atomic E-state index is 13.5. The zero-order valence-electron chi connectivity index (χ0n) is 28.3. The van der Waals surface area contributed by atoms with Crippen LogP contribution in [0.5, 0.6) is 17.2 Å². The van der Waals surface area contributed by atoms with Crippen LogP contribution < -0.4 is 41.3 Å². The van der Waals surface area contributed by atoms with Gasteiger partial charge in [-0.3, -0.25) is 23.5 Å². The van der Waals surface area contributed by atoms with Crippen LogP contribution in [0.2, 0.25) is 0 Å². The fraction of sp³-hybridized carbons (Fsp3) is 0.389. The van der Waals surface area contributed by atoms with Crippen LogP contribution in [0.3, 0.4) is 0 Å². The maximum absolute atomic E-state index is 13.5. The smallest absolute Gasteiger partial charge is 0.328 e. The van der Waals surface area contributed by atoms with Crippen molar-refractivity contribution in [3.05, 3.63) is 74.3 Å². The number of aromatic nitrogens is 2. The fourth-order valence-electron chi connectivity index (χ4n) is 6.47. The van der Waals surface area contributed by atoms with Gasteiger partial charge < -0.3 is 30.2 Å². The van der Waals surface area contributed by atoms with E-state index in [0.717, 1.165) is 40.6 Å². The molecule has 2 amide bonds. The predicted molar refractivity (Wildman–Crippen MR) is 186 cm³/mol. The summed E-state index contributed by atoms with van der Waals surface area (Å²) in [5.74, 6) is 1.21. The van der Waals surface area contributed by atoms with Crippen LogP contribution >= 0.6 is 0 Å². The van der Waals surface area contributed by atoms with Gasteiger partial charge >= 0.3 is 5.69 Å². The zero-order chi connectivity index (χ0) is 34.5. The van der Waals surface area contributed by atoms with Crippen molar-refractivity contribution in [3.8, 4) is 28.4 Å². The maximum Gasteiger partial charge on any atom is 0.328 e. The van der Waals surface area contributed by atoms with Crippen LogP contribution in [0.4, 0.5) is 11.4 Å². The average Bonchev–Trinajstić information content (AvgIpc) is 3.18. The van der Waals surface area contributed by atoms with Gasteiger partial charge in [0.05, 0.1) is 44.1 Å². The van der Waals surface area contributed by atoms with Crippen LogP contribution in [0.25, 0.3) is 22.2 Å². The summed E-state index contributed by atoms with van der Waals surface area (Å²) in [4.78, 5) is 50.5. The molecule has 1 atom stereocenters. The van der Waals surface area contributed by atoms with Crippen molar-refractivity contribution in [1.29, 1.82) is 0 Å². The number of ether oxygens (including phenoxy) is 3. The first-order chi connectivity index (χ1) is 23.1. The quantitative estimate of drug-likeness (QED) is 0.187. The Balaban J connectivity index is 1.27. The van der Waals surface area contributed by atoms with Crippen molar-refractivity contribution in [2.24, 2.45) is 14.1 Å². The van der Waals surface area contributed by atoms with Crippen LogP contribution in [0.1, 0.15) is 56.2 Å². The zero-order valence-corrected chi connectivity index (χ0v) is 28.3. The second-order valence-corrected chi connectivity index (χ2v) is 12.0. The average molecular weight is 658 g/mol. The topological polar surface area (TPSA) is 142 Å². The van der Waals surface area contributed by atoms with Crippen LogP contribution in [0.15, 0.2) is 52.1 Å². The molecule has 48 heavy (non-hydrogen) atoms. The molecule has 0 radical (unpaired) electrons. The van der Waals surface area contributed by atoms with Crippen LogP contribution in [0, 0.1) is 0 Å². The van der Waals surface area contributed by atoms with E-state index in [4.69, 9.17) is 14.2 Å². The van der Waals surface area contributed by atoms with Crippen molar-refractivity contribution in [2.75, 3.05) is 38.5 Å². The molecule has 1 aliphatic rings. The Morgan fingerprint density at radius 2 is 1.62 bits per heavy atom. The van der Waals surface area contributed by atoms with Crippen molar-refractivity contribution >= 4 is 34.2 Å². The van der Waals surface area contributed by atoms with E-state index < -0.39 is 0 Å². The predicted octanol–water partition coefficient (Wildman–Crippen LogP) is 4.66. The molecular formula is C36H43N5O7. The molecular weight excluding hydrogens is 614 g/mol. The molecule has 0 fully saturated rings. The number of imidazole rings is 1. The number of aryl methyl sites for hydroxylation is 3. The molecule has 12 heteroatoms. The Labute approximate surface area is 279 Å². The second-order valence-electron chi connectivity index (χ2n) is 12.0. The Kier molecular flexibility index (Phi) is 10.4. The minimum Gasteiger partial charge on any atom is -0.493 e. The molecule has 3 N–H and O–H groups in total. The highest BCUT2D eigenvalue weighted by molar-refractivity contribution is 5.93. The molecule has 0 saturated carbocycles. The molecule has 1 heterocycles. The van der Waals surface area contributed by atoms with Gasteiger partial charge in [0.15, 0.2) is 11.5 Å². The number of amides is 2. The van der Waals surface area contributed by atoms with Crippen molar-refractivity contribution < 1.29 is 23.8 Å². The van der Waals surface area contributed by atoms with E-state index in [1.54, 1.807) is 68.8 Å². The highest BCUT2D eigenvalue weighted by atomic mass is 16.5. The lowest BCUT2D eigenvalue weighted by molar-refractivity contribution is -0.119. The van der Waals surface area contributed by atoms with E-state index in [-0.39, 0.29) is 29.0 Å². The lowest BCUT2D eigenvalue weighted by Crippen LogP contribution is -2.26. The first-order valence-electron chi connectivity index (χ1n) is 16.0. The van der Waals surface area contributed by atoms with Gasteiger partial charge in [0, 0.05) is 45.2 Å². The van der Waals surface area contributed by atoms with Gasteiger partial charge in [-0.1, -0.05) is 12.5 Å².